The smallest absolute Gasteiger partial charge is 0.0418 e. The van der Waals surface area contributed by atoms with Gasteiger partial charge >= 0.3 is 0 Å². The lowest BCUT2D eigenvalue weighted by Gasteiger charge is -2.02. The third kappa shape index (κ3) is 12.2. The van der Waals surface area contributed by atoms with Crippen molar-refractivity contribution in [2.24, 2.45) is 0 Å². The quantitative estimate of drug-likeness (QED) is 0.511. The average molecular weight is 327 g/mol. The van der Waals surface area contributed by atoms with Crippen LogP contribution < -0.4 is 21.3 Å². The van der Waals surface area contributed by atoms with E-state index in [9.17, 15) is 0 Å². The molecule has 4 rings (SSSR count). The minimum atomic E-state index is 0.593. The molecule has 2 atom stereocenters. The van der Waals surface area contributed by atoms with Crippen LogP contribution in [0.25, 0.3) is 0 Å². The molecule has 4 heterocycles. The van der Waals surface area contributed by atoms with E-state index in [1.165, 1.54) is 44.1 Å². The lowest BCUT2D eigenvalue weighted by Crippen LogP contribution is -2.25. The van der Waals surface area contributed by atoms with Crippen LogP contribution in [0.5, 0.6) is 0 Å². The molecular weight excluding hydrogens is 292 g/mol. The molecular formula is C17H34N4S. The molecule has 4 aliphatic heterocycles. The zero-order valence-corrected chi connectivity index (χ0v) is 15.1. The topological polar surface area (TPSA) is 48.1 Å². The van der Waals surface area contributed by atoms with Gasteiger partial charge in [-0.1, -0.05) is 24.3 Å². The number of thioether (sulfide) groups is 1. The Labute approximate surface area is 141 Å². The first-order valence-electron chi connectivity index (χ1n) is 8.58. The molecule has 0 saturated carbocycles. The van der Waals surface area contributed by atoms with E-state index < -0.39 is 0 Å². The second-order valence-corrected chi connectivity index (χ2v) is 6.87. The van der Waals surface area contributed by atoms with E-state index in [2.05, 4.69) is 59.4 Å². The van der Waals surface area contributed by atoms with Crippen LogP contribution in [0.4, 0.5) is 0 Å². The zero-order chi connectivity index (χ0) is 15.9. The summed E-state index contributed by atoms with van der Waals surface area (Å²) in [7, 11) is 0. The largest absolute Gasteiger partial charge is 0.317 e. The molecule has 0 bridgehead atoms. The standard InChI is InChI=1S/C6H11N.C4H9N.C4H7N.C3H7NS/c1-5-3-4-6(2)7-5;2*1-2-4-5-3-1;1-2-5-3-4-1/h3-7H,1-2H3;5H,1-4H2;1-2,5H,3-4H2;4H,1-3H2. The summed E-state index contributed by atoms with van der Waals surface area (Å²) in [5.74, 6) is 2.47. The highest BCUT2D eigenvalue weighted by atomic mass is 32.2. The van der Waals surface area contributed by atoms with Gasteiger partial charge in [-0.2, -0.15) is 0 Å². The van der Waals surface area contributed by atoms with Crippen LogP contribution in [0.15, 0.2) is 24.3 Å². The van der Waals surface area contributed by atoms with Gasteiger partial charge in [0, 0.05) is 43.3 Å². The van der Waals surface area contributed by atoms with Crippen LogP contribution in [-0.4, -0.2) is 56.4 Å². The summed E-state index contributed by atoms with van der Waals surface area (Å²) in [5, 5.41) is 12.8. The fraction of sp³-hybridized carbons (Fsp3) is 0.765. The van der Waals surface area contributed by atoms with Crippen molar-refractivity contribution in [2.75, 3.05) is 44.4 Å². The molecule has 5 heteroatoms. The van der Waals surface area contributed by atoms with Crippen LogP contribution in [-0.2, 0) is 0 Å². The van der Waals surface area contributed by atoms with Gasteiger partial charge in [-0.15, -0.1) is 11.8 Å². The Morgan fingerprint density at radius 1 is 0.818 bits per heavy atom. The molecule has 22 heavy (non-hydrogen) atoms. The minimum absolute atomic E-state index is 0.593. The van der Waals surface area contributed by atoms with Crippen molar-refractivity contribution >= 4 is 11.8 Å². The van der Waals surface area contributed by atoms with Crippen molar-refractivity contribution in [3.63, 3.8) is 0 Å². The molecule has 0 aromatic rings. The predicted octanol–water partition coefficient (Wildman–Crippen LogP) is 1.72. The lowest BCUT2D eigenvalue weighted by atomic mass is 10.4. The van der Waals surface area contributed by atoms with Crippen molar-refractivity contribution in [1.82, 2.24) is 21.3 Å². The van der Waals surface area contributed by atoms with Gasteiger partial charge in [-0.3, -0.25) is 0 Å². The van der Waals surface area contributed by atoms with Crippen molar-refractivity contribution in [2.45, 2.75) is 38.8 Å². The SMILES string of the molecule is C1=CCNC1.C1CCNC1.C1CSCN1.CC1C=CC(C)N1. The van der Waals surface area contributed by atoms with Crippen LogP contribution in [0, 0.1) is 0 Å². The first kappa shape index (κ1) is 19.7. The monoisotopic (exact) mass is 326 g/mol. The molecule has 4 aliphatic rings. The van der Waals surface area contributed by atoms with Gasteiger partial charge in [0.2, 0.25) is 0 Å². The van der Waals surface area contributed by atoms with Crippen LogP contribution in [0.3, 0.4) is 0 Å². The molecule has 0 radical (unpaired) electrons. The summed E-state index contributed by atoms with van der Waals surface area (Å²) in [5.41, 5.74) is 0. The summed E-state index contributed by atoms with van der Waals surface area (Å²) in [6.07, 6.45) is 11.4. The number of nitrogens with one attached hydrogen (secondary N) is 4. The second-order valence-electron chi connectivity index (χ2n) is 5.77. The maximum absolute atomic E-state index is 3.31. The maximum Gasteiger partial charge on any atom is 0.0418 e. The molecule has 2 unspecified atom stereocenters. The lowest BCUT2D eigenvalue weighted by molar-refractivity contribution is 0.628. The molecule has 0 aliphatic carbocycles. The van der Waals surface area contributed by atoms with E-state index in [0.717, 1.165) is 13.1 Å². The van der Waals surface area contributed by atoms with E-state index in [0.29, 0.717) is 12.1 Å². The molecule has 2 saturated heterocycles. The van der Waals surface area contributed by atoms with Gasteiger partial charge in [-0.25, -0.2) is 0 Å². The summed E-state index contributed by atoms with van der Waals surface area (Å²) in [6.45, 7) is 10.2. The van der Waals surface area contributed by atoms with E-state index in [-0.39, 0.29) is 0 Å². The van der Waals surface area contributed by atoms with Crippen molar-refractivity contribution in [3.05, 3.63) is 24.3 Å². The van der Waals surface area contributed by atoms with E-state index in [4.69, 9.17) is 0 Å². The highest BCUT2D eigenvalue weighted by molar-refractivity contribution is 7.99. The molecule has 0 amide bonds. The van der Waals surface area contributed by atoms with Crippen LogP contribution >= 0.6 is 11.8 Å². The number of hydrogen-bond acceptors (Lipinski definition) is 5. The van der Waals surface area contributed by atoms with Gasteiger partial charge in [0.1, 0.15) is 0 Å². The van der Waals surface area contributed by atoms with E-state index in [1.807, 2.05) is 11.8 Å². The molecule has 128 valence electrons. The minimum Gasteiger partial charge on any atom is -0.317 e. The Bertz CT molecular complexity index is 258. The molecule has 4 nitrogen and oxygen atoms in total. The van der Waals surface area contributed by atoms with Crippen molar-refractivity contribution in [3.8, 4) is 0 Å². The highest BCUT2D eigenvalue weighted by Crippen LogP contribution is 1.99. The fourth-order valence-corrected chi connectivity index (χ4v) is 2.98. The Kier molecular flexibility index (Phi) is 12.8. The summed E-state index contributed by atoms with van der Waals surface area (Å²) in [4.78, 5) is 0. The first-order valence-corrected chi connectivity index (χ1v) is 9.74. The number of rotatable bonds is 0. The summed E-state index contributed by atoms with van der Waals surface area (Å²) < 4.78 is 0. The summed E-state index contributed by atoms with van der Waals surface area (Å²) >= 11 is 1.96. The van der Waals surface area contributed by atoms with Crippen molar-refractivity contribution < 1.29 is 0 Å². The maximum atomic E-state index is 3.31. The van der Waals surface area contributed by atoms with Crippen LogP contribution in [0.2, 0.25) is 0 Å². The normalized spacial score (nSPS) is 28.3. The molecule has 0 aromatic carbocycles. The summed E-state index contributed by atoms with van der Waals surface area (Å²) in [6, 6.07) is 1.19. The molecule has 0 aromatic heterocycles. The van der Waals surface area contributed by atoms with E-state index >= 15 is 0 Å². The second kappa shape index (κ2) is 14.3. The Morgan fingerprint density at radius 3 is 1.64 bits per heavy atom. The zero-order valence-electron chi connectivity index (χ0n) is 14.2. The molecule has 2 fully saturated rings. The fourth-order valence-electron chi connectivity index (χ4n) is 2.26. The van der Waals surface area contributed by atoms with Gasteiger partial charge in [-0.05, 0) is 39.8 Å². The average Bonchev–Trinajstić information content (AvgIpc) is 3.34. The Morgan fingerprint density at radius 2 is 1.45 bits per heavy atom. The predicted molar refractivity (Wildman–Crippen MR) is 101 cm³/mol. The third-order valence-electron chi connectivity index (χ3n) is 3.49. The van der Waals surface area contributed by atoms with Gasteiger partial charge < -0.3 is 21.3 Å². The van der Waals surface area contributed by atoms with E-state index in [1.54, 1.807) is 0 Å². The Hall–Kier alpha value is -0.330. The van der Waals surface area contributed by atoms with Gasteiger partial charge in [0.25, 0.3) is 0 Å². The highest BCUT2D eigenvalue weighted by Gasteiger charge is 2.06. The number of hydrogen-bond donors (Lipinski definition) is 4. The molecule has 0 spiro atoms. The molecule has 4 N–H and O–H groups in total. The first-order chi connectivity index (χ1) is 10.8. The van der Waals surface area contributed by atoms with Gasteiger partial charge in [0.15, 0.2) is 0 Å². The third-order valence-corrected chi connectivity index (χ3v) is 4.39. The van der Waals surface area contributed by atoms with Crippen molar-refractivity contribution in [1.29, 1.82) is 0 Å². The van der Waals surface area contributed by atoms with Gasteiger partial charge in [0.05, 0.1) is 0 Å². The Balaban J connectivity index is 0.000000148. The van der Waals surface area contributed by atoms with Crippen LogP contribution in [0.1, 0.15) is 26.7 Å².